The van der Waals surface area contributed by atoms with Crippen LogP contribution in [0.15, 0.2) is 91.0 Å². The van der Waals surface area contributed by atoms with Gasteiger partial charge in [0.2, 0.25) is 0 Å². The maximum absolute atomic E-state index is 5.97. The molecular formula is C27H28N3S+. The number of hydrogen-bond donors (Lipinski definition) is 1. The highest BCUT2D eigenvalue weighted by atomic mass is 32.1. The predicted octanol–water partition coefficient (Wildman–Crippen LogP) is 4.74. The van der Waals surface area contributed by atoms with E-state index >= 15 is 0 Å². The third kappa shape index (κ3) is 4.27. The lowest BCUT2D eigenvalue weighted by Gasteiger charge is -2.24. The van der Waals surface area contributed by atoms with E-state index < -0.39 is 0 Å². The van der Waals surface area contributed by atoms with Gasteiger partial charge in [0, 0.05) is 13.0 Å². The number of aromatic nitrogens is 2. The number of benzene rings is 3. The number of nitrogens with zero attached hydrogens (tertiary/aromatic N) is 2. The molecule has 0 saturated heterocycles. The normalized spacial score (nSPS) is 16.4. The van der Waals surface area contributed by atoms with Crippen LogP contribution in [0.4, 0.5) is 0 Å². The Morgan fingerprint density at radius 2 is 1.42 bits per heavy atom. The third-order valence-electron chi connectivity index (χ3n) is 6.30. The van der Waals surface area contributed by atoms with E-state index in [0.29, 0.717) is 0 Å². The number of hydrogen-bond acceptors (Lipinski definition) is 1. The maximum atomic E-state index is 5.97. The summed E-state index contributed by atoms with van der Waals surface area (Å²) in [6.45, 7) is 3.99. The Kier molecular flexibility index (Phi) is 5.83. The van der Waals surface area contributed by atoms with Gasteiger partial charge in [0.1, 0.15) is 0 Å². The summed E-state index contributed by atoms with van der Waals surface area (Å²) in [6, 6.07) is 30.1. The van der Waals surface area contributed by atoms with Crippen LogP contribution in [0.2, 0.25) is 0 Å². The molecule has 3 nitrogen and oxygen atoms in total. The molecule has 0 radical (unpaired) electrons. The van der Waals surface area contributed by atoms with E-state index in [4.69, 9.17) is 12.2 Å². The molecule has 0 spiro atoms. The summed E-state index contributed by atoms with van der Waals surface area (Å²) in [7, 11) is 0. The Morgan fingerprint density at radius 1 is 0.774 bits per heavy atom. The summed E-state index contributed by atoms with van der Waals surface area (Å²) in [6.07, 6.45) is 4.51. The molecule has 0 fully saturated rings. The molecule has 1 unspecified atom stereocenters. The molecule has 4 aromatic rings. The summed E-state index contributed by atoms with van der Waals surface area (Å²) < 4.78 is 5.58. The number of rotatable bonds is 6. The standard InChI is InChI=1S/C27H27N3S/c31-27-29(20-15-22-9-3-1-4-10-22)25-13-7-8-14-26(25)30(27)21-28-18-16-24(17-19-28)23-11-5-2-6-12-23/h1-14,16H,15,17-21H2/p+1. The highest BCUT2D eigenvalue weighted by molar-refractivity contribution is 7.71. The van der Waals surface area contributed by atoms with Crippen LogP contribution in [-0.2, 0) is 19.6 Å². The van der Waals surface area contributed by atoms with Crippen LogP contribution in [0.1, 0.15) is 17.5 Å². The molecule has 1 atom stereocenters. The summed E-state index contributed by atoms with van der Waals surface area (Å²) in [5, 5.41) is 0. The highest BCUT2D eigenvalue weighted by Crippen LogP contribution is 2.20. The van der Waals surface area contributed by atoms with E-state index in [9.17, 15) is 0 Å². The van der Waals surface area contributed by atoms with Crippen LogP contribution in [-0.4, -0.2) is 22.2 Å². The first-order valence-electron chi connectivity index (χ1n) is 11.1. The zero-order valence-electron chi connectivity index (χ0n) is 17.7. The first-order valence-corrected chi connectivity index (χ1v) is 11.5. The summed E-state index contributed by atoms with van der Waals surface area (Å²) in [5.41, 5.74) is 6.65. The molecule has 0 aliphatic carbocycles. The minimum absolute atomic E-state index is 0.906. The Labute approximate surface area is 188 Å². The number of imidazole rings is 1. The van der Waals surface area contributed by atoms with Crippen molar-refractivity contribution in [2.75, 3.05) is 13.1 Å². The van der Waals surface area contributed by atoms with E-state index in [1.807, 2.05) is 0 Å². The minimum atomic E-state index is 0.906. The van der Waals surface area contributed by atoms with Gasteiger partial charge in [0.25, 0.3) is 0 Å². The van der Waals surface area contributed by atoms with Crippen LogP contribution in [0.5, 0.6) is 0 Å². The van der Waals surface area contributed by atoms with Gasteiger partial charge in [-0.1, -0.05) is 72.8 Å². The molecule has 31 heavy (non-hydrogen) atoms. The summed E-state index contributed by atoms with van der Waals surface area (Å²) >= 11 is 5.97. The largest absolute Gasteiger partial charge is 0.316 e. The second-order valence-corrected chi connectivity index (χ2v) is 8.66. The monoisotopic (exact) mass is 426 g/mol. The van der Waals surface area contributed by atoms with Crippen molar-refractivity contribution in [3.63, 3.8) is 0 Å². The Hall–Kier alpha value is -2.95. The van der Waals surface area contributed by atoms with Crippen LogP contribution in [0, 0.1) is 4.77 Å². The fourth-order valence-electron chi connectivity index (χ4n) is 4.59. The predicted molar refractivity (Wildman–Crippen MR) is 131 cm³/mol. The molecule has 5 rings (SSSR count). The number of para-hydroxylation sites is 2. The van der Waals surface area contributed by atoms with Gasteiger partial charge in [-0.15, -0.1) is 0 Å². The lowest BCUT2D eigenvalue weighted by atomic mass is 10.00. The first kappa shape index (κ1) is 20.0. The average molecular weight is 427 g/mol. The van der Waals surface area contributed by atoms with Gasteiger partial charge in [-0.3, -0.25) is 4.57 Å². The Bertz CT molecular complexity index is 1250. The van der Waals surface area contributed by atoms with E-state index in [1.54, 1.807) is 4.90 Å². The second kappa shape index (κ2) is 9.04. The molecule has 1 aliphatic heterocycles. The summed E-state index contributed by atoms with van der Waals surface area (Å²) in [5.74, 6) is 0. The minimum Gasteiger partial charge on any atom is -0.316 e. The van der Waals surface area contributed by atoms with Crippen molar-refractivity contribution >= 4 is 28.8 Å². The van der Waals surface area contributed by atoms with Crippen molar-refractivity contribution in [2.45, 2.75) is 26.1 Å². The van der Waals surface area contributed by atoms with Gasteiger partial charge in [-0.25, -0.2) is 0 Å². The van der Waals surface area contributed by atoms with Crippen LogP contribution < -0.4 is 4.90 Å². The molecule has 3 aromatic carbocycles. The molecule has 0 saturated carbocycles. The maximum Gasteiger partial charge on any atom is 0.185 e. The zero-order valence-corrected chi connectivity index (χ0v) is 18.5. The lowest BCUT2D eigenvalue weighted by Crippen LogP contribution is -3.11. The fourth-order valence-corrected chi connectivity index (χ4v) is 4.94. The van der Waals surface area contributed by atoms with E-state index in [0.717, 1.165) is 43.9 Å². The Balaban J connectivity index is 1.37. The van der Waals surface area contributed by atoms with E-state index in [2.05, 4.69) is 100 Å². The second-order valence-electron chi connectivity index (χ2n) is 8.29. The third-order valence-corrected chi connectivity index (χ3v) is 6.74. The molecule has 1 aromatic heterocycles. The van der Waals surface area contributed by atoms with Crippen molar-refractivity contribution in [3.8, 4) is 0 Å². The van der Waals surface area contributed by atoms with Crippen molar-refractivity contribution in [2.24, 2.45) is 0 Å². The summed E-state index contributed by atoms with van der Waals surface area (Å²) in [4.78, 5) is 1.56. The molecule has 2 heterocycles. The van der Waals surface area contributed by atoms with Crippen molar-refractivity contribution in [1.29, 1.82) is 0 Å². The van der Waals surface area contributed by atoms with Gasteiger partial charge in [0.15, 0.2) is 11.4 Å². The smallest absolute Gasteiger partial charge is 0.185 e. The quantitative estimate of drug-likeness (QED) is 0.440. The van der Waals surface area contributed by atoms with Crippen molar-refractivity contribution < 1.29 is 4.90 Å². The molecule has 1 N–H and O–H groups in total. The average Bonchev–Trinajstić information content (AvgIpc) is 3.10. The van der Waals surface area contributed by atoms with Gasteiger partial charge in [0.05, 0.1) is 24.1 Å². The number of nitrogens with one attached hydrogen (secondary N) is 1. The highest BCUT2D eigenvalue weighted by Gasteiger charge is 2.19. The lowest BCUT2D eigenvalue weighted by molar-refractivity contribution is -0.917. The van der Waals surface area contributed by atoms with Gasteiger partial charge >= 0.3 is 0 Å². The molecule has 0 bridgehead atoms. The molecule has 0 amide bonds. The van der Waals surface area contributed by atoms with Crippen LogP contribution in [0.3, 0.4) is 0 Å². The topological polar surface area (TPSA) is 14.3 Å². The van der Waals surface area contributed by atoms with Crippen LogP contribution in [0.25, 0.3) is 16.6 Å². The van der Waals surface area contributed by atoms with Gasteiger partial charge < -0.3 is 9.47 Å². The first-order chi connectivity index (χ1) is 15.3. The Morgan fingerprint density at radius 3 is 2.10 bits per heavy atom. The molecule has 4 heteroatoms. The molecule has 156 valence electrons. The zero-order chi connectivity index (χ0) is 21.0. The van der Waals surface area contributed by atoms with E-state index in [1.165, 1.54) is 27.7 Å². The van der Waals surface area contributed by atoms with Crippen LogP contribution >= 0.6 is 12.2 Å². The number of fused-ring (bicyclic) bond motifs is 1. The number of quaternary nitrogens is 1. The molecular weight excluding hydrogens is 398 g/mol. The van der Waals surface area contributed by atoms with Gasteiger partial charge in [-0.2, -0.15) is 0 Å². The number of aryl methyl sites for hydroxylation is 2. The molecule has 1 aliphatic rings. The SMILES string of the molecule is S=c1n(CCc2ccccc2)c2ccccc2n1C[NH+]1CC=C(c2ccccc2)CC1. The van der Waals surface area contributed by atoms with Crippen molar-refractivity contribution in [3.05, 3.63) is 107 Å². The van der Waals surface area contributed by atoms with Gasteiger partial charge in [-0.05, 0) is 53.5 Å². The fraction of sp³-hybridized carbons (Fsp3) is 0.222. The van der Waals surface area contributed by atoms with E-state index in [-0.39, 0.29) is 0 Å². The van der Waals surface area contributed by atoms with Crippen molar-refractivity contribution in [1.82, 2.24) is 9.13 Å².